The molecule has 0 aromatic heterocycles. The van der Waals surface area contributed by atoms with Gasteiger partial charge in [0.2, 0.25) is 5.91 Å². The molecule has 2 N–H and O–H groups in total. The summed E-state index contributed by atoms with van der Waals surface area (Å²) >= 11 is 0. The molecule has 0 radical (unpaired) electrons. The molecule has 1 fully saturated rings. The first-order valence-corrected chi connectivity index (χ1v) is 5.18. The van der Waals surface area contributed by atoms with Gasteiger partial charge in [-0.1, -0.05) is 0 Å². The van der Waals surface area contributed by atoms with Gasteiger partial charge in [-0.05, 0) is 25.7 Å². The maximum Gasteiger partial charge on any atom is 0.404 e. The van der Waals surface area contributed by atoms with Gasteiger partial charge in [0.05, 0.1) is 0 Å². The van der Waals surface area contributed by atoms with Crippen molar-refractivity contribution in [2.45, 2.75) is 31.8 Å². The second-order valence-electron chi connectivity index (χ2n) is 4.16. The number of amides is 2. The van der Waals surface area contributed by atoms with Gasteiger partial charge in [-0.3, -0.25) is 4.79 Å². The summed E-state index contributed by atoms with van der Waals surface area (Å²) in [5.41, 5.74) is 4.95. The molecule has 1 aliphatic rings. The molecule has 1 rings (SSSR count). The molecule has 0 aromatic carbocycles. The van der Waals surface area contributed by atoms with Crippen molar-refractivity contribution in [2.75, 3.05) is 14.1 Å². The summed E-state index contributed by atoms with van der Waals surface area (Å²) in [5.74, 6) is 0.0749. The zero-order valence-corrected chi connectivity index (χ0v) is 9.23. The average molecular weight is 214 g/mol. The normalized spacial score (nSPS) is 25.7. The van der Waals surface area contributed by atoms with Crippen molar-refractivity contribution < 1.29 is 14.3 Å². The lowest BCUT2D eigenvalue weighted by Crippen LogP contribution is -2.36. The Balaban J connectivity index is 2.48. The first-order valence-electron chi connectivity index (χ1n) is 5.18. The summed E-state index contributed by atoms with van der Waals surface area (Å²) in [5, 5.41) is 0. The Kier molecular flexibility index (Phi) is 3.94. The highest BCUT2D eigenvalue weighted by molar-refractivity contribution is 5.78. The third-order valence-corrected chi connectivity index (χ3v) is 2.70. The van der Waals surface area contributed by atoms with Gasteiger partial charge in [-0.25, -0.2) is 4.79 Å². The van der Waals surface area contributed by atoms with Crippen LogP contribution in [0.4, 0.5) is 4.79 Å². The third kappa shape index (κ3) is 3.42. The monoisotopic (exact) mass is 214 g/mol. The summed E-state index contributed by atoms with van der Waals surface area (Å²) in [6.45, 7) is 0. The van der Waals surface area contributed by atoms with Gasteiger partial charge in [-0.15, -0.1) is 0 Å². The number of nitrogens with zero attached hydrogens (tertiary/aromatic N) is 1. The molecule has 0 saturated heterocycles. The Labute approximate surface area is 89.6 Å². The SMILES string of the molecule is CN(C)C(=O)C1CCCC(OC(N)=O)C1. The fraction of sp³-hybridized carbons (Fsp3) is 0.800. The van der Waals surface area contributed by atoms with Crippen molar-refractivity contribution in [2.24, 2.45) is 11.7 Å². The van der Waals surface area contributed by atoms with Gasteiger partial charge in [0.25, 0.3) is 0 Å². The van der Waals surface area contributed by atoms with E-state index in [2.05, 4.69) is 0 Å². The highest BCUT2D eigenvalue weighted by atomic mass is 16.6. The quantitative estimate of drug-likeness (QED) is 0.736. The molecular formula is C10H18N2O3. The van der Waals surface area contributed by atoms with E-state index in [4.69, 9.17) is 10.5 Å². The smallest absolute Gasteiger partial charge is 0.404 e. The van der Waals surface area contributed by atoms with Gasteiger partial charge >= 0.3 is 6.09 Å². The Hall–Kier alpha value is -1.26. The van der Waals surface area contributed by atoms with Crippen molar-refractivity contribution >= 4 is 12.0 Å². The van der Waals surface area contributed by atoms with Crippen LogP contribution in [0.3, 0.4) is 0 Å². The molecule has 2 amide bonds. The number of primary amides is 1. The lowest BCUT2D eigenvalue weighted by molar-refractivity contribution is -0.135. The van der Waals surface area contributed by atoms with Crippen LogP contribution >= 0.6 is 0 Å². The summed E-state index contributed by atoms with van der Waals surface area (Å²) < 4.78 is 4.92. The van der Waals surface area contributed by atoms with E-state index in [9.17, 15) is 9.59 Å². The molecule has 0 heterocycles. The van der Waals surface area contributed by atoms with E-state index >= 15 is 0 Å². The summed E-state index contributed by atoms with van der Waals surface area (Å²) in [4.78, 5) is 23.8. The van der Waals surface area contributed by atoms with Crippen LogP contribution in [-0.4, -0.2) is 37.1 Å². The molecule has 1 saturated carbocycles. The Morgan fingerprint density at radius 2 is 2.00 bits per heavy atom. The van der Waals surface area contributed by atoms with Crippen LogP contribution in [0.15, 0.2) is 0 Å². The minimum atomic E-state index is -0.752. The van der Waals surface area contributed by atoms with Crippen molar-refractivity contribution in [1.82, 2.24) is 4.90 Å². The van der Waals surface area contributed by atoms with Gasteiger partial charge in [-0.2, -0.15) is 0 Å². The molecule has 2 unspecified atom stereocenters. The third-order valence-electron chi connectivity index (χ3n) is 2.70. The van der Waals surface area contributed by atoms with E-state index in [1.54, 1.807) is 19.0 Å². The predicted octanol–water partition coefficient (Wildman–Crippen LogP) is 0.729. The average Bonchev–Trinajstić information content (AvgIpc) is 2.16. The van der Waals surface area contributed by atoms with E-state index in [-0.39, 0.29) is 17.9 Å². The molecule has 5 heteroatoms. The second kappa shape index (κ2) is 5.00. The van der Waals surface area contributed by atoms with Crippen LogP contribution in [0.5, 0.6) is 0 Å². The molecule has 0 aromatic rings. The van der Waals surface area contributed by atoms with E-state index < -0.39 is 6.09 Å². The summed E-state index contributed by atoms with van der Waals surface area (Å²) in [6.07, 6.45) is 2.24. The van der Waals surface area contributed by atoms with E-state index in [1.165, 1.54) is 0 Å². The number of hydrogen-bond acceptors (Lipinski definition) is 3. The zero-order chi connectivity index (χ0) is 11.4. The van der Waals surface area contributed by atoms with Crippen molar-refractivity contribution in [3.8, 4) is 0 Å². The molecular weight excluding hydrogens is 196 g/mol. The lowest BCUT2D eigenvalue weighted by atomic mass is 9.86. The van der Waals surface area contributed by atoms with Gasteiger partial charge in [0.15, 0.2) is 0 Å². The topological polar surface area (TPSA) is 72.6 Å². The van der Waals surface area contributed by atoms with Crippen molar-refractivity contribution in [1.29, 1.82) is 0 Å². The fourth-order valence-electron chi connectivity index (χ4n) is 2.01. The van der Waals surface area contributed by atoms with E-state index in [0.29, 0.717) is 6.42 Å². The van der Waals surface area contributed by atoms with Crippen LogP contribution in [-0.2, 0) is 9.53 Å². The predicted molar refractivity (Wildman–Crippen MR) is 55.1 cm³/mol. The number of ether oxygens (including phenoxy) is 1. The Morgan fingerprint density at radius 3 is 2.53 bits per heavy atom. The standard InChI is InChI=1S/C10H18N2O3/c1-12(2)9(13)7-4-3-5-8(6-7)15-10(11)14/h7-8H,3-6H2,1-2H3,(H2,11,14). The van der Waals surface area contributed by atoms with Crippen molar-refractivity contribution in [3.05, 3.63) is 0 Å². The van der Waals surface area contributed by atoms with Gasteiger partial charge in [0, 0.05) is 20.0 Å². The van der Waals surface area contributed by atoms with Crippen LogP contribution in [0.1, 0.15) is 25.7 Å². The number of nitrogens with two attached hydrogens (primary N) is 1. The number of carbonyl (C=O) groups excluding carboxylic acids is 2. The molecule has 86 valence electrons. The zero-order valence-electron chi connectivity index (χ0n) is 9.23. The molecule has 1 aliphatic carbocycles. The highest BCUT2D eigenvalue weighted by Crippen LogP contribution is 2.27. The first-order chi connectivity index (χ1) is 7.00. The molecule has 15 heavy (non-hydrogen) atoms. The Bertz CT molecular complexity index is 253. The first kappa shape index (κ1) is 11.8. The minimum Gasteiger partial charge on any atom is -0.446 e. The highest BCUT2D eigenvalue weighted by Gasteiger charge is 2.29. The number of rotatable bonds is 2. The fourth-order valence-corrected chi connectivity index (χ4v) is 2.01. The lowest BCUT2D eigenvalue weighted by Gasteiger charge is -2.29. The number of hydrogen-bond donors (Lipinski definition) is 1. The molecule has 2 atom stereocenters. The molecule has 0 bridgehead atoms. The van der Waals surface area contributed by atoms with E-state index in [0.717, 1.165) is 19.3 Å². The maximum atomic E-state index is 11.7. The van der Waals surface area contributed by atoms with Crippen LogP contribution in [0, 0.1) is 5.92 Å². The van der Waals surface area contributed by atoms with Gasteiger partial charge < -0.3 is 15.4 Å². The summed E-state index contributed by atoms with van der Waals surface area (Å²) in [6, 6.07) is 0. The van der Waals surface area contributed by atoms with Crippen molar-refractivity contribution in [3.63, 3.8) is 0 Å². The van der Waals surface area contributed by atoms with E-state index in [1.807, 2.05) is 0 Å². The van der Waals surface area contributed by atoms with Gasteiger partial charge in [0.1, 0.15) is 6.10 Å². The van der Waals surface area contributed by atoms with Crippen LogP contribution < -0.4 is 5.73 Å². The van der Waals surface area contributed by atoms with Crippen LogP contribution in [0.25, 0.3) is 0 Å². The van der Waals surface area contributed by atoms with Crippen LogP contribution in [0.2, 0.25) is 0 Å². The maximum absolute atomic E-state index is 11.7. The summed E-state index contributed by atoms with van der Waals surface area (Å²) in [7, 11) is 3.47. The molecule has 5 nitrogen and oxygen atoms in total. The molecule has 0 aliphatic heterocycles. The molecule has 0 spiro atoms. The second-order valence-corrected chi connectivity index (χ2v) is 4.16. The Morgan fingerprint density at radius 1 is 1.33 bits per heavy atom. The minimum absolute atomic E-state index is 0.0295. The largest absolute Gasteiger partial charge is 0.446 e. The number of carbonyl (C=O) groups is 2.